The van der Waals surface area contributed by atoms with Gasteiger partial charge in [-0.1, -0.05) is 13.3 Å². The molecule has 0 radical (unpaired) electrons. The Kier molecular flexibility index (Phi) is 6.45. The summed E-state index contributed by atoms with van der Waals surface area (Å²) in [6.45, 7) is 0.641. The van der Waals surface area contributed by atoms with Gasteiger partial charge in [0.2, 0.25) is 5.91 Å². The van der Waals surface area contributed by atoms with E-state index in [9.17, 15) is 18.4 Å². The van der Waals surface area contributed by atoms with E-state index < -0.39 is 24.5 Å². The van der Waals surface area contributed by atoms with Crippen LogP contribution in [0.15, 0.2) is 0 Å². The van der Waals surface area contributed by atoms with E-state index in [1.807, 2.05) is 0 Å². The van der Waals surface area contributed by atoms with E-state index in [1.165, 1.54) is 7.05 Å². The molecule has 0 heterocycles. The molecule has 0 aliphatic carbocycles. The standard InChI is InChI=1S/C10H18F2N2O3/c1-4-5-10(11,12)7-14(2)8(15)6-13-9(16)17-3/h4-7H2,1-3H3,(H,13,16). The van der Waals surface area contributed by atoms with Crippen molar-refractivity contribution in [1.82, 2.24) is 10.2 Å². The number of nitrogens with zero attached hydrogens (tertiary/aromatic N) is 1. The summed E-state index contributed by atoms with van der Waals surface area (Å²) in [7, 11) is 2.42. The van der Waals surface area contributed by atoms with Crippen molar-refractivity contribution in [3.05, 3.63) is 0 Å². The van der Waals surface area contributed by atoms with Gasteiger partial charge in [0.05, 0.1) is 13.7 Å². The number of nitrogens with one attached hydrogen (secondary N) is 1. The smallest absolute Gasteiger partial charge is 0.407 e. The zero-order valence-corrected chi connectivity index (χ0v) is 10.3. The molecule has 0 spiro atoms. The first-order valence-corrected chi connectivity index (χ1v) is 5.26. The maximum Gasteiger partial charge on any atom is 0.407 e. The van der Waals surface area contributed by atoms with Crippen molar-refractivity contribution >= 4 is 12.0 Å². The van der Waals surface area contributed by atoms with Crippen molar-refractivity contribution in [1.29, 1.82) is 0 Å². The summed E-state index contributed by atoms with van der Waals surface area (Å²) in [5.41, 5.74) is 0. The Morgan fingerprint density at radius 3 is 2.47 bits per heavy atom. The van der Waals surface area contributed by atoms with Crippen LogP contribution in [0.25, 0.3) is 0 Å². The highest BCUT2D eigenvalue weighted by atomic mass is 19.3. The fourth-order valence-corrected chi connectivity index (χ4v) is 1.23. The zero-order chi connectivity index (χ0) is 13.5. The predicted molar refractivity (Wildman–Crippen MR) is 57.9 cm³/mol. The van der Waals surface area contributed by atoms with Gasteiger partial charge in [-0.15, -0.1) is 0 Å². The number of halogens is 2. The summed E-state index contributed by atoms with van der Waals surface area (Å²) in [6, 6.07) is 0. The first kappa shape index (κ1) is 15.6. The average Bonchev–Trinajstić information content (AvgIpc) is 2.24. The molecule has 5 nitrogen and oxygen atoms in total. The molecule has 0 rings (SSSR count). The molecule has 0 atom stereocenters. The summed E-state index contributed by atoms with van der Waals surface area (Å²) in [6.07, 6.45) is -0.697. The van der Waals surface area contributed by atoms with Crippen molar-refractivity contribution in [2.75, 3.05) is 27.2 Å². The molecule has 0 aliphatic rings. The van der Waals surface area contributed by atoms with Crippen LogP contribution in [-0.4, -0.2) is 50.1 Å². The number of rotatable bonds is 6. The Hall–Kier alpha value is -1.40. The second-order valence-electron chi connectivity index (χ2n) is 3.70. The number of carbonyl (C=O) groups excluding carboxylic acids is 2. The summed E-state index contributed by atoms with van der Waals surface area (Å²) < 4.78 is 30.6. The molecular weight excluding hydrogens is 234 g/mol. The van der Waals surface area contributed by atoms with E-state index in [4.69, 9.17) is 0 Å². The number of carbonyl (C=O) groups is 2. The predicted octanol–water partition coefficient (Wildman–Crippen LogP) is 1.24. The normalized spacial score (nSPS) is 10.9. The van der Waals surface area contributed by atoms with E-state index in [2.05, 4.69) is 10.1 Å². The summed E-state index contributed by atoms with van der Waals surface area (Å²) >= 11 is 0. The van der Waals surface area contributed by atoms with E-state index in [0.29, 0.717) is 6.42 Å². The third-order valence-electron chi connectivity index (χ3n) is 2.08. The topological polar surface area (TPSA) is 58.6 Å². The monoisotopic (exact) mass is 252 g/mol. The fourth-order valence-electron chi connectivity index (χ4n) is 1.23. The van der Waals surface area contributed by atoms with Gasteiger partial charge in [-0.25, -0.2) is 13.6 Å². The number of methoxy groups -OCH3 is 1. The molecule has 2 amide bonds. The maximum atomic E-state index is 13.2. The number of hydrogen-bond donors (Lipinski definition) is 1. The van der Waals surface area contributed by atoms with E-state index in [-0.39, 0.29) is 13.0 Å². The van der Waals surface area contributed by atoms with Crippen LogP contribution < -0.4 is 5.32 Å². The molecular formula is C10H18F2N2O3. The largest absolute Gasteiger partial charge is 0.453 e. The van der Waals surface area contributed by atoms with Gasteiger partial charge in [0.25, 0.3) is 5.92 Å². The van der Waals surface area contributed by atoms with Crippen LogP contribution in [0.5, 0.6) is 0 Å². The minimum Gasteiger partial charge on any atom is -0.453 e. The van der Waals surface area contributed by atoms with Crippen molar-refractivity contribution < 1.29 is 23.1 Å². The van der Waals surface area contributed by atoms with Gasteiger partial charge in [0, 0.05) is 13.5 Å². The van der Waals surface area contributed by atoms with Crippen LogP contribution in [-0.2, 0) is 9.53 Å². The first-order chi connectivity index (χ1) is 7.82. The van der Waals surface area contributed by atoms with Crippen LogP contribution in [0, 0.1) is 0 Å². The van der Waals surface area contributed by atoms with Crippen molar-refractivity contribution in [3.8, 4) is 0 Å². The Morgan fingerprint density at radius 2 is 2.00 bits per heavy atom. The molecule has 0 aromatic carbocycles. The molecule has 0 aromatic heterocycles. The third-order valence-corrected chi connectivity index (χ3v) is 2.08. The first-order valence-electron chi connectivity index (χ1n) is 5.26. The number of alkyl carbamates (subject to hydrolysis) is 1. The van der Waals surface area contributed by atoms with Gasteiger partial charge < -0.3 is 15.0 Å². The van der Waals surface area contributed by atoms with E-state index >= 15 is 0 Å². The SMILES string of the molecule is CCCC(F)(F)CN(C)C(=O)CNC(=O)OC. The zero-order valence-electron chi connectivity index (χ0n) is 10.3. The summed E-state index contributed by atoms with van der Waals surface area (Å²) in [4.78, 5) is 22.9. The molecule has 0 unspecified atom stereocenters. The van der Waals surface area contributed by atoms with E-state index in [1.54, 1.807) is 6.92 Å². The van der Waals surface area contributed by atoms with Crippen LogP contribution in [0.1, 0.15) is 19.8 Å². The molecule has 0 bridgehead atoms. The highest BCUT2D eigenvalue weighted by Gasteiger charge is 2.30. The molecule has 0 fully saturated rings. The fraction of sp³-hybridized carbons (Fsp3) is 0.800. The molecule has 17 heavy (non-hydrogen) atoms. The summed E-state index contributed by atoms with van der Waals surface area (Å²) in [5.74, 6) is -3.49. The van der Waals surface area contributed by atoms with E-state index in [0.717, 1.165) is 12.0 Å². The van der Waals surface area contributed by atoms with Gasteiger partial charge in [0.15, 0.2) is 0 Å². The Labute approximate surface area is 99.1 Å². The van der Waals surface area contributed by atoms with Gasteiger partial charge >= 0.3 is 6.09 Å². The molecule has 0 saturated carbocycles. The molecule has 0 aliphatic heterocycles. The number of ether oxygens (including phenoxy) is 1. The summed E-state index contributed by atoms with van der Waals surface area (Å²) in [5, 5.41) is 2.13. The van der Waals surface area contributed by atoms with Gasteiger partial charge in [-0.3, -0.25) is 4.79 Å². The second-order valence-corrected chi connectivity index (χ2v) is 3.70. The molecule has 7 heteroatoms. The second kappa shape index (κ2) is 7.03. The molecule has 0 saturated heterocycles. The average molecular weight is 252 g/mol. The van der Waals surface area contributed by atoms with Crippen LogP contribution in [0.4, 0.5) is 13.6 Å². The lowest BCUT2D eigenvalue weighted by Gasteiger charge is -2.23. The Morgan fingerprint density at radius 1 is 1.41 bits per heavy atom. The number of amides is 2. The van der Waals surface area contributed by atoms with Gasteiger partial charge in [0.1, 0.15) is 6.54 Å². The third kappa shape index (κ3) is 6.70. The minimum absolute atomic E-state index is 0.269. The van der Waals surface area contributed by atoms with Crippen LogP contribution in [0.2, 0.25) is 0 Å². The highest BCUT2D eigenvalue weighted by molar-refractivity contribution is 5.82. The number of likely N-dealkylation sites (N-methyl/N-ethyl adjacent to an activating group) is 1. The van der Waals surface area contributed by atoms with Gasteiger partial charge in [-0.2, -0.15) is 0 Å². The van der Waals surface area contributed by atoms with Crippen molar-refractivity contribution in [2.24, 2.45) is 0 Å². The lowest BCUT2D eigenvalue weighted by atomic mass is 10.2. The minimum atomic E-state index is -2.90. The molecule has 1 N–H and O–H groups in total. The van der Waals surface area contributed by atoms with Crippen molar-refractivity contribution in [3.63, 3.8) is 0 Å². The Balaban J connectivity index is 4.09. The van der Waals surface area contributed by atoms with Crippen LogP contribution in [0.3, 0.4) is 0 Å². The Bertz CT molecular complexity index is 272. The lowest BCUT2D eigenvalue weighted by Crippen LogP contribution is -2.43. The molecule has 100 valence electrons. The number of hydrogen-bond acceptors (Lipinski definition) is 3. The lowest BCUT2D eigenvalue weighted by molar-refractivity contribution is -0.134. The van der Waals surface area contributed by atoms with Crippen molar-refractivity contribution in [2.45, 2.75) is 25.7 Å². The maximum absolute atomic E-state index is 13.2. The number of alkyl halides is 2. The molecule has 0 aromatic rings. The van der Waals surface area contributed by atoms with Gasteiger partial charge in [-0.05, 0) is 0 Å². The highest BCUT2D eigenvalue weighted by Crippen LogP contribution is 2.20. The quantitative estimate of drug-likeness (QED) is 0.773. The van der Waals surface area contributed by atoms with Crippen LogP contribution >= 0.6 is 0 Å².